The van der Waals surface area contributed by atoms with Crippen LogP contribution in [-0.4, -0.2) is 17.5 Å². The third-order valence-electron chi connectivity index (χ3n) is 3.59. The SMILES string of the molecule is CCC1(C)OC(C)N(C(=O)CBr)c2ccccc21. The van der Waals surface area contributed by atoms with Gasteiger partial charge in [-0.2, -0.15) is 0 Å². The molecular formula is C14H18BrNO2. The maximum Gasteiger partial charge on any atom is 0.239 e. The van der Waals surface area contributed by atoms with Crippen molar-refractivity contribution in [2.45, 2.75) is 39.0 Å². The van der Waals surface area contributed by atoms with E-state index in [1.54, 1.807) is 4.90 Å². The largest absolute Gasteiger partial charge is 0.347 e. The van der Waals surface area contributed by atoms with E-state index in [1.807, 2.05) is 31.2 Å². The molecule has 0 bridgehead atoms. The lowest BCUT2D eigenvalue weighted by molar-refractivity contribution is -0.127. The van der Waals surface area contributed by atoms with Gasteiger partial charge in [0.05, 0.1) is 16.6 Å². The highest BCUT2D eigenvalue weighted by atomic mass is 79.9. The van der Waals surface area contributed by atoms with Crippen LogP contribution in [0.2, 0.25) is 0 Å². The molecule has 0 saturated carbocycles. The summed E-state index contributed by atoms with van der Waals surface area (Å²) in [6, 6.07) is 7.98. The minimum atomic E-state index is -0.320. The van der Waals surface area contributed by atoms with Crippen molar-refractivity contribution in [2.75, 3.05) is 10.2 Å². The first-order chi connectivity index (χ1) is 8.53. The van der Waals surface area contributed by atoms with Crippen LogP contribution in [-0.2, 0) is 15.1 Å². The van der Waals surface area contributed by atoms with Crippen molar-refractivity contribution in [3.63, 3.8) is 0 Å². The van der Waals surface area contributed by atoms with Gasteiger partial charge in [-0.1, -0.05) is 41.1 Å². The first-order valence-electron chi connectivity index (χ1n) is 6.19. The van der Waals surface area contributed by atoms with E-state index in [0.717, 1.165) is 17.7 Å². The number of benzene rings is 1. The van der Waals surface area contributed by atoms with Crippen molar-refractivity contribution in [1.29, 1.82) is 0 Å². The summed E-state index contributed by atoms with van der Waals surface area (Å²) in [5.41, 5.74) is 1.73. The molecule has 1 aromatic carbocycles. The molecule has 0 saturated heterocycles. The first-order valence-corrected chi connectivity index (χ1v) is 7.31. The Hall–Kier alpha value is -0.870. The monoisotopic (exact) mass is 311 g/mol. The molecule has 2 unspecified atom stereocenters. The van der Waals surface area contributed by atoms with Gasteiger partial charge >= 0.3 is 0 Å². The number of carbonyl (C=O) groups excluding carboxylic acids is 1. The molecule has 1 heterocycles. The summed E-state index contributed by atoms with van der Waals surface area (Å²) in [4.78, 5) is 13.8. The number of para-hydroxylation sites is 1. The fraction of sp³-hybridized carbons (Fsp3) is 0.500. The summed E-state index contributed by atoms with van der Waals surface area (Å²) in [6.07, 6.45) is 0.639. The molecule has 4 heteroatoms. The van der Waals surface area contributed by atoms with E-state index in [9.17, 15) is 4.79 Å². The maximum absolute atomic E-state index is 12.0. The number of hydrogen-bond acceptors (Lipinski definition) is 2. The summed E-state index contributed by atoms with van der Waals surface area (Å²) < 4.78 is 6.07. The third kappa shape index (κ3) is 2.08. The van der Waals surface area contributed by atoms with Crippen molar-refractivity contribution in [3.05, 3.63) is 29.8 Å². The van der Waals surface area contributed by atoms with Gasteiger partial charge in [-0.05, 0) is 26.3 Å². The number of amides is 1. The fourth-order valence-corrected chi connectivity index (χ4v) is 2.76. The summed E-state index contributed by atoms with van der Waals surface area (Å²) in [6.45, 7) is 6.11. The van der Waals surface area contributed by atoms with Crippen LogP contribution in [0.1, 0.15) is 32.8 Å². The van der Waals surface area contributed by atoms with Crippen molar-refractivity contribution >= 4 is 27.5 Å². The van der Waals surface area contributed by atoms with E-state index >= 15 is 0 Å². The number of ether oxygens (including phenoxy) is 1. The van der Waals surface area contributed by atoms with Gasteiger partial charge in [-0.15, -0.1) is 0 Å². The van der Waals surface area contributed by atoms with Gasteiger partial charge in [0.25, 0.3) is 0 Å². The van der Waals surface area contributed by atoms with Crippen molar-refractivity contribution in [3.8, 4) is 0 Å². The predicted octanol–water partition coefficient (Wildman–Crippen LogP) is 3.42. The molecule has 2 rings (SSSR count). The molecule has 2 atom stereocenters. The normalized spacial score (nSPS) is 26.9. The number of carbonyl (C=O) groups is 1. The van der Waals surface area contributed by atoms with E-state index in [4.69, 9.17) is 4.74 Å². The summed E-state index contributed by atoms with van der Waals surface area (Å²) in [5, 5.41) is 0.303. The molecule has 18 heavy (non-hydrogen) atoms. The average molecular weight is 312 g/mol. The molecule has 0 radical (unpaired) electrons. The van der Waals surface area contributed by atoms with Gasteiger partial charge in [-0.3, -0.25) is 9.69 Å². The third-order valence-corrected chi connectivity index (χ3v) is 4.06. The number of fused-ring (bicyclic) bond motifs is 1. The Bertz CT molecular complexity index is 463. The van der Waals surface area contributed by atoms with Crippen molar-refractivity contribution in [1.82, 2.24) is 0 Å². The van der Waals surface area contributed by atoms with Gasteiger partial charge in [0.2, 0.25) is 5.91 Å². The Morgan fingerprint density at radius 2 is 2.17 bits per heavy atom. The zero-order valence-corrected chi connectivity index (χ0v) is 12.5. The molecule has 98 valence electrons. The second-order valence-corrected chi connectivity index (χ2v) is 5.28. The van der Waals surface area contributed by atoms with Gasteiger partial charge in [-0.25, -0.2) is 0 Å². The van der Waals surface area contributed by atoms with E-state index in [1.165, 1.54) is 0 Å². The predicted molar refractivity (Wildman–Crippen MR) is 75.9 cm³/mol. The van der Waals surface area contributed by atoms with Gasteiger partial charge < -0.3 is 4.74 Å². The highest BCUT2D eigenvalue weighted by Crippen LogP contribution is 2.42. The molecule has 1 aliphatic rings. The van der Waals surface area contributed by atoms with Crippen molar-refractivity contribution in [2.24, 2.45) is 0 Å². The molecule has 1 amide bonds. The van der Waals surface area contributed by atoms with Crippen LogP contribution in [0.25, 0.3) is 0 Å². The van der Waals surface area contributed by atoms with Gasteiger partial charge in [0, 0.05) is 5.56 Å². The molecule has 1 aliphatic heterocycles. The lowest BCUT2D eigenvalue weighted by Gasteiger charge is -2.44. The fourth-order valence-electron chi connectivity index (χ4n) is 2.49. The van der Waals surface area contributed by atoms with Crippen LogP contribution >= 0.6 is 15.9 Å². The number of halogens is 1. The van der Waals surface area contributed by atoms with Crippen LogP contribution in [0, 0.1) is 0 Å². The summed E-state index contributed by atoms with van der Waals surface area (Å²) in [5.74, 6) is 0.0214. The zero-order chi connectivity index (χ0) is 13.3. The molecule has 0 aliphatic carbocycles. The summed E-state index contributed by atoms with van der Waals surface area (Å²) >= 11 is 3.23. The lowest BCUT2D eigenvalue weighted by Crippen LogP contribution is -2.50. The molecule has 3 nitrogen and oxygen atoms in total. The minimum absolute atomic E-state index is 0.0214. The topological polar surface area (TPSA) is 29.5 Å². The average Bonchev–Trinajstić information content (AvgIpc) is 2.38. The Kier molecular flexibility index (Phi) is 3.78. The maximum atomic E-state index is 12.0. The van der Waals surface area contributed by atoms with E-state index in [2.05, 4.69) is 29.8 Å². The zero-order valence-electron chi connectivity index (χ0n) is 10.9. The van der Waals surface area contributed by atoms with Crippen LogP contribution < -0.4 is 4.90 Å². The summed E-state index contributed by atoms with van der Waals surface area (Å²) in [7, 11) is 0. The second-order valence-electron chi connectivity index (χ2n) is 4.72. The van der Waals surface area contributed by atoms with E-state index in [-0.39, 0.29) is 17.7 Å². The Morgan fingerprint density at radius 1 is 1.50 bits per heavy atom. The van der Waals surface area contributed by atoms with Gasteiger partial charge in [0.1, 0.15) is 6.23 Å². The van der Waals surface area contributed by atoms with Crippen LogP contribution in [0.15, 0.2) is 24.3 Å². The Morgan fingerprint density at radius 3 is 2.78 bits per heavy atom. The van der Waals surface area contributed by atoms with Crippen LogP contribution in [0.5, 0.6) is 0 Å². The number of anilines is 1. The van der Waals surface area contributed by atoms with E-state index in [0.29, 0.717) is 5.33 Å². The van der Waals surface area contributed by atoms with E-state index < -0.39 is 0 Å². The molecule has 0 aromatic heterocycles. The molecule has 0 spiro atoms. The second kappa shape index (κ2) is 5.02. The van der Waals surface area contributed by atoms with Crippen LogP contribution in [0.3, 0.4) is 0 Å². The standard InChI is InChI=1S/C14H18BrNO2/c1-4-14(3)11-7-5-6-8-12(11)16(10(2)18-14)13(17)9-15/h5-8,10H,4,9H2,1-3H3. The van der Waals surface area contributed by atoms with Crippen LogP contribution in [0.4, 0.5) is 5.69 Å². The highest BCUT2D eigenvalue weighted by Gasteiger charge is 2.40. The van der Waals surface area contributed by atoms with Crippen molar-refractivity contribution < 1.29 is 9.53 Å². The smallest absolute Gasteiger partial charge is 0.239 e. The number of nitrogens with zero attached hydrogens (tertiary/aromatic N) is 1. The lowest BCUT2D eigenvalue weighted by atomic mass is 9.89. The molecule has 0 N–H and O–H groups in total. The Labute approximate surface area is 116 Å². The highest BCUT2D eigenvalue weighted by molar-refractivity contribution is 9.09. The van der Waals surface area contributed by atoms with Gasteiger partial charge in [0.15, 0.2) is 0 Å². The Balaban J connectivity index is 2.55. The number of hydrogen-bond donors (Lipinski definition) is 0. The molecule has 0 fully saturated rings. The first kappa shape index (κ1) is 13.6. The number of alkyl halides is 1. The quantitative estimate of drug-likeness (QED) is 0.783. The number of rotatable bonds is 2. The molecule has 1 aromatic rings. The molecular weight excluding hydrogens is 294 g/mol. The minimum Gasteiger partial charge on any atom is -0.347 e.